The first-order valence-electron chi connectivity index (χ1n) is 7.32. The number of hydrogen-bond acceptors (Lipinski definition) is 4. The molecular formula is C18H12F3IO4. The van der Waals surface area contributed by atoms with Crippen molar-refractivity contribution in [3.8, 4) is 17.2 Å². The van der Waals surface area contributed by atoms with Crippen LogP contribution in [0.4, 0.5) is 13.2 Å². The molecule has 0 atom stereocenters. The fourth-order valence-corrected chi connectivity index (χ4v) is 3.26. The summed E-state index contributed by atoms with van der Waals surface area (Å²) < 4.78 is 54.7. The highest BCUT2D eigenvalue weighted by Gasteiger charge is 2.35. The van der Waals surface area contributed by atoms with Crippen LogP contribution in [0.5, 0.6) is 17.2 Å². The number of allylic oxidation sites excluding steroid dienone is 1. The maximum Gasteiger partial charge on any atom is 0.416 e. The first kappa shape index (κ1) is 18.6. The van der Waals surface area contributed by atoms with Crippen LogP contribution in [0.1, 0.15) is 21.5 Å². The number of carbonyl (C=O) groups excluding carboxylic acids is 1. The summed E-state index contributed by atoms with van der Waals surface area (Å²) in [5.74, 6) is 0.703. The Labute approximate surface area is 160 Å². The van der Waals surface area contributed by atoms with Crippen molar-refractivity contribution in [3.63, 3.8) is 0 Å². The zero-order valence-electron chi connectivity index (χ0n) is 13.6. The third kappa shape index (κ3) is 3.25. The average molecular weight is 476 g/mol. The van der Waals surface area contributed by atoms with Crippen LogP contribution < -0.4 is 14.2 Å². The number of fused-ring (bicyclic) bond motifs is 1. The summed E-state index contributed by atoms with van der Waals surface area (Å²) >= 11 is 1.99. The quantitative estimate of drug-likeness (QED) is 0.465. The molecule has 0 aromatic heterocycles. The summed E-state index contributed by atoms with van der Waals surface area (Å²) in [5.41, 5.74) is -0.0893. The molecule has 0 unspecified atom stereocenters. The Balaban J connectivity index is 2.00. The van der Waals surface area contributed by atoms with Crippen LogP contribution in [0.25, 0.3) is 6.08 Å². The van der Waals surface area contributed by atoms with Gasteiger partial charge < -0.3 is 14.2 Å². The Morgan fingerprint density at radius 1 is 1.08 bits per heavy atom. The Bertz CT molecular complexity index is 902. The van der Waals surface area contributed by atoms with Gasteiger partial charge in [0.05, 0.1) is 23.4 Å². The van der Waals surface area contributed by atoms with Gasteiger partial charge in [0.15, 0.2) is 11.5 Å². The molecule has 0 N–H and O–H groups in total. The van der Waals surface area contributed by atoms with E-state index in [-0.39, 0.29) is 11.3 Å². The predicted octanol–water partition coefficient (Wildman–Crippen LogP) is 4.94. The number of ether oxygens (including phenoxy) is 3. The van der Waals surface area contributed by atoms with Gasteiger partial charge in [-0.3, -0.25) is 4.79 Å². The molecule has 0 saturated heterocycles. The van der Waals surface area contributed by atoms with Gasteiger partial charge in [-0.05, 0) is 46.4 Å². The molecule has 0 spiro atoms. The minimum Gasteiger partial charge on any atom is -0.496 e. The third-order valence-electron chi connectivity index (χ3n) is 3.79. The summed E-state index contributed by atoms with van der Waals surface area (Å²) in [6.45, 7) is 0. The Morgan fingerprint density at radius 3 is 2.23 bits per heavy atom. The molecule has 3 rings (SSSR count). The van der Waals surface area contributed by atoms with E-state index in [2.05, 4.69) is 0 Å². The number of alkyl halides is 3. The van der Waals surface area contributed by atoms with Crippen LogP contribution in [0.3, 0.4) is 0 Å². The highest BCUT2D eigenvalue weighted by Crippen LogP contribution is 2.45. The lowest BCUT2D eigenvalue weighted by atomic mass is 10.1. The van der Waals surface area contributed by atoms with E-state index in [1.165, 1.54) is 32.4 Å². The van der Waals surface area contributed by atoms with Gasteiger partial charge >= 0.3 is 6.18 Å². The highest BCUT2D eigenvalue weighted by molar-refractivity contribution is 14.1. The number of halogens is 4. The molecule has 0 bridgehead atoms. The van der Waals surface area contributed by atoms with Gasteiger partial charge in [-0.1, -0.05) is 12.1 Å². The fourth-order valence-electron chi connectivity index (χ4n) is 2.50. The second-order valence-electron chi connectivity index (χ2n) is 5.36. The Morgan fingerprint density at radius 2 is 1.69 bits per heavy atom. The van der Waals surface area contributed by atoms with Crippen molar-refractivity contribution in [3.05, 3.63) is 56.4 Å². The van der Waals surface area contributed by atoms with E-state index in [0.29, 0.717) is 26.4 Å². The van der Waals surface area contributed by atoms with E-state index >= 15 is 0 Å². The summed E-state index contributed by atoms with van der Waals surface area (Å²) in [6.07, 6.45) is -3.02. The second kappa shape index (κ2) is 6.82. The predicted molar refractivity (Wildman–Crippen MR) is 96.6 cm³/mol. The molecule has 0 amide bonds. The van der Waals surface area contributed by atoms with E-state index < -0.39 is 17.5 Å². The molecule has 2 aromatic carbocycles. The number of rotatable bonds is 3. The second-order valence-corrected chi connectivity index (χ2v) is 6.44. The monoisotopic (exact) mass is 476 g/mol. The molecule has 26 heavy (non-hydrogen) atoms. The van der Waals surface area contributed by atoms with E-state index in [4.69, 9.17) is 14.2 Å². The average Bonchev–Trinajstić information content (AvgIpc) is 2.93. The molecule has 0 fully saturated rings. The number of hydrogen-bond donors (Lipinski definition) is 0. The van der Waals surface area contributed by atoms with Crippen LogP contribution in [-0.4, -0.2) is 20.0 Å². The minimum atomic E-state index is -4.42. The van der Waals surface area contributed by atoms with Crippen molar-refractivity contribution < 1.29 is 32.2 Å². The number of Topliss-reactive ketones (excluding diaryl/α,β-unsaturated/α-hetero) is 1. The van der Waals surface area contributed by atoms with Crippen molar-refractivity contribution >= 4 is 34.5 Å². The fraction of sp³-hybridized carbons (Fsp3) is 0.167. The molecule has 8 heteroatoms. The molecule has 1 aliphatic heterocycles. The van der Waals surface area contributed by atoms with Gasteiger partial charge in [0.2, 0.25) is 5.78 Å². The number of carbonyl (C=O) groups is 1. The van der Waals surface area contributed by atoms with E-state index in [0.717, 1.165) is 12.1 Å². The van der Waals surface area contributed by atoms with Gasteiger partial charge in [0.1, 0.15) is 17.1 Å². The topological polar surface area (TPSA) is 44.8 Å². The van der Waals surface area contributed by atoms with Crippen molar-refractivity contribution in [2.45, 2.75) is 6.18 Å². The zero-order chi connectivity index (χ0) is 19.1. The summed E-state index contributed by atoms with van der Waals surface area (Å²) in [7, 11) is 2.91. The number of benzene rings is 2. The largest absolute Gasteiger partial charge is 0.496 e. The van der Waals surface area contributed by atoms with Gasteiger partial charge in [-0.15, -0.1) is 0 Å². The molecule has 0 saturated carbocycles. The maximum absolute atomic E-state index is 12.7. The van der Waals surface area contributed by atoms with Crippen molar-refractivity contribution in [2.75, 3.05) is 14.2 Å². The van der Waals surface area contributed by atoms with Crippen LogP contribution in [0.15, 0.2) is 36.1 Å². The summed E-state index contributed by atoms with van der Waals surface area (Å²) in [5, 5.41) is 0. The van der Waals surface area contributed by atoms with E-state index in [1.807, 2.05) is 22.6 Å². The van der Waals surface area contributed by atoms with Gasteiger partial charge in [-0.25, -0.2) is 0 Å². The van der Waals surface area contributed by atoms with Crippen molar-refractivity contribution in [1.82, 2.24) is 0 Å². The molecule has 4 nitrogen and oxygen atoms in total. The molecule has 1 aliphatic rings. The molecule has 1 heterocycles. The highest BCUT2D eigenvalue weighted by atomic mass is 127. The van der Waals surface area contributed by atoms with Crippen LogP contribution in [-0.2, 0) is 6.18 Å². The van der Waals surface area contributed by atoms with Crippen molar-refractivity contribution in [2.24, 2.45) is 0 Å². The lowest BCUT2D eigenvalue weighted by molar-refractivity contribution is -0.137. The standard InChI is InChI=1S/C18H12F3IO4/c1-24-11-8-12(25-2)15(22)17-14(11)16(23)13(26-17)7-9-3-5-10(6-4-9)18(19,20)21/h3-8H,1-2H3. The Hall–Kier alpha value is -2.23. The molecule has 0 radical (unpaired) electrons. The normalized spacial score (nSPS) is 15.0. The lowest BCUT2D eigenvalue weighted by Crippen LogP contribution is -2.04. The van der Waals surface area contributed by atoms with E-state index in [9.17, 15) is 18.0 Å². The number of ketones is 1. The first-order chi connectivity index (χ1) is 12.3. The Kier molecular flexibility index (Phi) is 4.87. The van der Waals surface area contributed by atoms with Crippen LogP contribution in [0, 0.1) is 3.57 Å². The number of methoxy groups -OCH3 is 2. The summed E-state index contributed by atoms with van der Waals surface area (Å²) in [4.78, 5) is 12.7. The van der Waals surface area contributed by atoms with Crippen LogP contribution in [0.2, 0.25) is 0 Å². The third-order valence-corrected chi connectivity index (χ3v) is 4.81. The van der Waals surface area contributed by atoms with Crippen molar-refractivity contribution in [1.29, 1.82) is 0 Å². The molecule has 2 aromatic rings. The van der Waals surface area contributed by atoms with Gasteiger partial charge in [-0.2, -0.15) is 13.2 Å². The first-order valence-corrected chi connectivity index (χ1v) is 8.40. The molecule has 0 aliphatic carbocycles. The van der Waals surface area contributed by atoms with Gasteiger partial charge in [0.25, 0.3) is 0 Å². The van der Waals surface area contributed by atoms with Gasteiger partial charge in [0, 0.05) is 6.07 Å². The minimum absolute atomic E-state index is 0.00391. The molecular weight excluding hydrogens is 464 g/mol. The zero-order valence-corrected chi connectivity index (χ0v) is 15.8. The van der Waals surface area contributed by atoms with Crippen LogP contribution >= 0.6 is 22.6 Å². The smallest absolute Gasteiger partial charge is 0.416 e. The van der Waals surface area contributed by atoms with E-state index in [1.54, 1.807) is 6.07 Å². The summed E-state index contributed by atoms with van der Waals surface area (Å²) in [6, 6.07) is 6.04. The lowest BCUT2D eigenvalue weighted by Gasteiger charge is -2.10. The molecule has 136 valence electrons. The SMILES string of the molecule is COc1cc(OC)c2c(c1I)OC(=Cc1ccc(C(F)(F)F)cc1)C2=O. The maximum atomic E-state index is 12.7.